The molecule has 0 aliphatic carbocycles. The molecule has 37 heavy (non-hydrogen) atoms. The molecule has 0 saturated carbocycles. The van der Waals surface area contributed by atoms with Gasteiger partial charge in [0.25, 0.3) is 0 Å². The Morgan fingerprint density at radius 1 is 1.24 bits per heavy atom. The summed E-state index contributed by atoms with van der Waals surface area (Å²) < 4.78 is 6.30. The first-order chi connectivity index (χ1) is 17.3. The van der Waals surface area contributed by atoms with Crippen LogP contribution in [-0.2, 0) is 27.4 Å². The van der Waals surface area contributed by atoms with E-state index in [4.69, 9.17) is 16.3 Å². The van der Waals surface area contributed by atoms with Crippen LogP contribution in [0.15, 0.2) is 24.4 Å². The summed E-state index contributed by atoms with van der Waals surface area (Å²) in [6.45, 7) is 11.0. The molecule has 1 fully saturated rings. The molecule has 0 unspecified atom stereocenters. The average molecular weight is 609 g/mol. The van der Waals surface area contributed by atoms with Gasteiger partial charge in [0, 0.05) is 0 Å². The zero-order chi connectivity index (χ0) is 27.1. The normalized spacial score (nSPS) is 20.6. The number of benzene rings is 1. The third kappa shape index (κ3) is 6.15. The Hall–Kier alpha value is -2.09. The number of nitrogens with zero attached hydrogens (tertiary/aromatic N) is 3. The van der Waals surface area contributed by atoms with Crippen LogP contribution in [0.25, 0.3) is 0 Å². The number of thiazole rings is 1. The molecule has 1 aromatic heterocycles. The molecule has 3 heterocycles. The number of hydrogen-bond acceptors (Lipinski definition) is 6. The van der Waals surface area contributed by atoms with Gasteiger partial charge in [-0.3, -0.25) is 0 Å². The molecule has 1 radical (unpaired) electrons. The van der Waals surface area contributed by atoms with E-state index < -0.39 is 40.0 Å². The number of carbonyl (C=O) groups is 3. The van der Waals surface area contributed by atoms with E-state index in [0.717, 1.165) is 14.9 Å². The molecule has 8 nitrogen and oxygen atoms in total. The number of likely N-dealkylation sites (tertiary alicyclic amines) is 1. The molecule has 199 valence electrons. The van der Waals surface area contributed by atoms with Gasteiger partial charge in [0.15, 0.2) is 0 Å². The Balaban J connectivity index is 1.46. The van der Waals surface area contributed by atoms with Crippen molar-refractivity contribution in [2.24, 2.45) is 5.41 Å². The molecule has 1 N–H and O–H groups in total. The molecular formula is C26H32AsClN3O5S. The van der Waals surface area contributed by atoms with Crippen molar-refractivity contribution in [3.05, 3.63) is 45.4 Å². The van der Waals surface area contributed by atoms with Gasteiger partial charge in [-0.1, -0.05) is 0 Å². The number of amides is 2. The molecule has 1 aromatic carbocycles. The fourth-order valence-corrected chi connectivity index (χ4v) is 9.16. The van der Waals surface area contributed by atoms with Crippen molar-refractivity contribution in [3.8, 4) is 0 Å². The molecule has 4 rings (SSSR count). The Kier molecular flexibility index (Phi) is 8.27. The number of carboxylic acid groups (broad SMARTS) is 1. The average Bonchev–Trinajstić information content (AvgIpc) is 3.54. The molecule has 0 spiro atoms. The summed E-state index contributed by atoms with van der Waals surface area (Å²) in [6.07, 6.45) is 0.718. The third-order valence-electron chi connectivity index (χ3n) is 6.66. The van der Waals surface area contributed by atoms with Crippen LogP contribution < -0.4 is 3.80 Å². The number of ether oxygens (including phenoxy) is 1. The van der Waals surface area contributed by atoms with E-state index in [0.29, 0.717) is 24.0 Å². The van der Waals surface area contributed by atoms with E-state index in [2.05, 4.69) is 18.8 Å². The van der Waals surface area contributed by atoms with Gasteiger partial charge in [0.1, 0.15) is 0 Å². The van der Waals surface area contributed by atoms with Crippen LogP contribution in [0, 0.1) is 5.41 Å². The standard InChI is InChI=1S/C26H32AsClN3O5S/c1-14(2)20-10-29-24(37-20)27-21(26(3,4)5)22(32)31-12-16(9-19(31)23(33)34)36-25(35)30-11-15-7-6-8-18(28)17(15)13-30/h6-8,10,14,16,19,21H,9,11-13H2,1-5H3,(H,33,34)/t16-,19+,21-/m1/s1. The second kappa shape index (κ2) is 11.0. The summed E-state index contributed by atoms with van der Waals surface area (Å²) in [5.74, 6) is -0.936. The molecular weight excluding hydrogens is 577 g/mol. The van der Waals surface area contributed by atoms with E-state index in [9.17, 15) is 19.5 Å². The Bertz CT molecular complexity index is 1200. The second-order valence-electron chi connectivity index (χ2n) is 10.9. The fourth-order valence-electron chi connectivity index (χ4n) is 4.58. The zero-order valence-corrected chi connectivity index (χ0v) is 25.1. The first kappa shape index (κ1) is 27.9. The molecule has 2 aromatic rings. The Labute approximate surface area is 233 Å². The number of carboxylic acids is 1. The summed E-state index contributed by atoms with van der Waals surface area (Å²) >= 11 is 7.28. The number of aliphatic carboxylic acids is 1. The summed E-state index contributed by atoms with van der Waals surface area (Å²) in [5.41, 5.74) is 1.49. The molecule has 2 aliphatic rings. The molecule has 3 atom stereocenters. The van der Waals surface area contributed by atoms with Crippen molar-refractivity contribution < 1.29 is 24.2 Å². The maximum atomic E-state index is 13.8. The van der Waals surface area contributed by atoms with Crippen molar-refractivity contribution in [3.63, 3.8) is 0 Å². The van der Waals surface area contributed by atoms with Crippen LogP contribution in [0.3, 0.4) is 0 Å². The molecule has 1 saturated heterocycles. The van der Waals surface area contributed by atoms with Gasteiger partial charge in [-0.05, 0) is 0 Å². The van der Waals surface area contributed by atoms with Gasteiger partial charge in [0.05, 0.1) is 0 Å². The van der Waals surface area contributed by atoms with Gasteiger partial charge >= 0.3 is 234 Å². The molecule has 11 heteroatoms. The predicted molar refractivity (Wildman–Crippen MR) is 144 cm³/mol. The molecule has 0 bridgehead atoms. The minimum atomic E-state index is -1.09. The van der Waals surface area contributed by atoms with Crippen LogP contribution in [0.2, 0.25) is 9.73 Å². The van der Waals surface area contributed by atoms with E-state index in [1.807, 2.05) is 39.1 Å². The summed E-state index contributed by atoms with van der Waals surface area (Å²) in [6, 6.07) is 4.52. The summed E-state index contributed by atoms with van der Waals surface area (Å²) in [4.78, 5) is 47.6. The van der Waals surface area contributed by atoms with E-state index >= 15 is 0 Å². The van der Waals surface area contributed by atoms with Crippen LogP contribution in [0.1, 0.15) is 63.0 Å². The zero-order valence-electron chi connectivity index (χ0n) is 21.6. The predicted octanol–water partition coefficient (Wildman–Crippen LogP) is 4.29. The quantitative estimate of drug-likeness (QED) is 0.491. The van der Waals surface area contributed by atoms with Gasteiger partial charge < -0.3 is 0 Å². The Morgan fingerprint density at radius 3 is 2.57 bits per heavy atom. The topological polar surface area (TPSA) is 100 Å². The van der Waals surface area contributed by atoms with Crippen molar-refractivity contribution in [1.82, 2.24) is 14.8 Å². The number of halogens is 1. The first-order valence-corrected chi connectivity index (χ1v) is 15.5. The van der Waals surface area contributed by atoms with Crippen molar-refractivity contribution in [2.45, 2.75) is 76.9 Å². The summed E-state index contributed by atoms with van der Waals surface area (Å²) in [7, 11) is 0. The number of aromatic nitrogens is 1. The van der Waals surface area contributed by atoms with Crippen LogP contribution >= 0.6 is 22.9 Å². The maximum absolute atomic E-state index is 13.8. The number of rotatable bonds is 6. The van der Waals surface area contributed by atoms with Crippen molar-refractivity contribution >= 4 is 60.5 Å². The number of fused-ring (bicyclic) bond motifs is 1. The summed E-state index contributed by atoms with van der Waals surface area (Å²) in [5, 5.41) is 10.5. The van der Waals surface area contributed by atoms with Crippen LogP contribution in [0.5, 0.6) is 0 Å². The number of carbonyl (C=O) groups excluding carboxylic acids is 2. The van der Waals surface area contributed by atoms with Gasteiger partial charge in [0.2, 0.25) is 0 Å². The van der Waals surface area contributed by atoms with E-state index in [1.54, 1.807) is 22.3 Å². The fraction of sp³-hybridized carbons (Fsp3) is 0.538. The first-order valence-electron chi connectivity index (χ1n) is 12.3. The second-order valence-corrected chi connectivity index (χ2v) is 15.6. The molecule has 2 aliphatic heterocycles. The van der Waals surface area contributed by atoms with Gasteiger partial charge in [-0.2, -0.15) is 0 Å². The monoisotopic (exact) mass is 608 g/mol. The van der Waals surface area contributed by atoms with E-state index in [-0.39, 0.29) is 29.0 Å². The van der Waals surface area contributed by atoms with Crippen LogP contribution in [-0.4, -0.2) is 72.3 Å². The van der Waals surface area contributed by atoms with Crippen molar-refractivity contribution in [2.75, 3.05) is 6.54 Å². The third-order valence-corrected chi connectivity index (χ3v) is 12.6. The van der Waals surface area contributed by atoms with Gasteiger partial charge in [-0.15, -0.1) is 0 Å². The number of hydrogen-bond donors (Lipinski definition) is 1. The molecule has 2 amide bonds. The van der Waals surface area contributed by atoms with Crippen molar-refractivity contribution in [1.29, 1.82) is 0 Å². The van der Waals surface area contributed by atoms with Crippen LogP contribution in [0.4, 0.5) is 4.79 Å². The minimum absolute atomic E-state index is 0.0614. The van der Waals surface area contributed by atoms with Gasteiger partial charge in [-0.25, -0.2) is 0 Å². The Morgan fingerprint density at radius 2 is 1.97 bits per heavy atom. The SMILES string of the molecule is CC(C)c1cnc([As][C@H](C(=O)N2C[C@H](OC(=O)N3Cc4cccc(Cl)c4C3)C[C@H]2C(=O)O)C(C)(C)C)s1. The van der Waals surface area contributed by atoms with E-state index in [1.165, 1.54) is 9.78 Å².